The van der Waals surface area contributed by atoms with Crippen LogP contribution < -0.4 is 0 Å². The summed E-state index contributed by atoms with van der Waals surface area (Å²) in [5.41, 5.74) is 0. The Balaban J connectivity index is 2.56. The van der Waals surface area contributed by atoms with Crippen molar-refractivity contribution in [3.8, 4) is 0 Å². The quantitative estimate of drug-likeness (QED) is 0.610. The van der Waals surface area contributed by atoms with Crippen molar-refractivity contribution in [3.63, 3.8) is 0 Å². The normalized spacial score (nSPS) is 34.8. The van der Waals surface area contributed by atoms with Crippen molar-refractivity contribution in [2.45, 2.75) is 51.2 Å². The Morgan fingerprint density at radius 1 is 1.31 bits per heavy atom. The summed E-state index contributed by atoms with van der Waals surface area (Å²) in [6.07, 6.45) is 0.114. The molecular formula is C11H23BO4. The van der Waals surface area contributed by atoms with E-state index in [9.17, 15) is 0 Å². The fourth-order valence-electron chi connectivity index (χ4n) is 2.07. The zero-order chi connectivity index (χ0) is 12.1. The van der Waals surface area contributed by atoms with Gasteiger partial charge in [0.2, 0.25) is 0 Å². The van der Waals surface area contributed by atoms with E-state index in [4.69, 9.17) is 18.9 Å². The first-order valence-electron chi connectivity index (χ1n) is 6.01. The molecule has 1 aliphatic rings. The first kappa shape index (κ1) is 14.0. The van der Waals surface area contributed by atoms with Crippen LogP contribution in [-0.4, -0.2) is 58.6 Å². The van der Waals surface area contributed by atoms with Gasteiger partial charge in [-0.3, -0.25) is 0 Å². The lowest BCUT2D eigenvalue weighted by molar-refractivity contribution is -0.0743. The van der Waals surface area contributed by atoms with E-state index in [1.807, 2.05) is 28.6 Å². The molecule has 0 radical (unpaired) electrons. The van der Waals surface area contributed by atoms with Crippen molar-refractivity contribution < 1.29 is 18.9 Å². The minimum atomic E-state index is -0.0380. The van der Waals surface area contributed by atoms with Crippen LogP contribution in [0.1, 0.15) is 20.8 Å². The summed E-state index contributed by atoms with van der Waals surface area (Å²) < 4.78 is 22.5. The van der Waals surface area contributed by atoms with Gasteiger partial charge in [0.25, 0.3) is 0 Å². The Kier molecular flexibility index (Phi) is 5.76. The van der Waals surface area contributed by atoms with Gasteiger partial charge in [0.1, 0.15) is 26.2 Å². The van der Waals surface area contributed by atoms with Crippen LogP contribution in [0.4, 0.5) is 0 Å². The minimum Gasteiger partial charge on any atom is -0.379 e. The lowest BCUT2D eigenvalue weighted by Gasteiger charge is -2.24. The van der Waals surface area contributed by atoms with Gasteiger partial charge in [0.15, 0.2) is 0 Å². The van der Waals surface area contributed by atoms with Gasteiger partial charge in [-0.1, -0.05) is 0 Å². The molecule has 0 bridgehead atoms. The number of hydrogen-bond acceptors (Lipinski definition) is 4. The maximum absolute atomic E-state index is 5.83. The van der Waals surface area contributed by atoms with Crippen molar-refractivity contribution in [1.29, 1.82) is 0 Å². The number of ether oxygens (including phenoxy) is 4. The number of hydrogen-bond donors (Lipinski definition) is 0. The van der Waals surface area contributed by atoms with Gasteiger partial charge in [-0.05, 0) is 20.8 Å². The van der Waals surface area contributed by atoms with E-state index in [1.165, 1.54) is 0 Å². The van der Waals surface area contributed by atoms with Crippen LogP contribution in [0.25, 0.3) is 0 Å². The first-order valence-corrected chi connectivity index (χ1v) is 6.01. The molecule has 1 fully saturated rings. The molecule has 0 saturated carbocycles. The first-order chi connectivity index (χ1) is 7.60. The van der Waals surface area contributed by atoms with E-state index < -0.39 is 0 Å². The Morgan fingerprint density at radius 3 is 2.50 bits per heavy atom. The molecule has 0 N–H and O–H groups in total. The Morgan fingerprint density at radius 2 is 2.00 bits per heavy atom. The molecule has 0 aromatic heterocycles. The lowest BCUT2D eigenvalue weighted by Crippen LogP contribution is -2.39. The number of rotatable bonds is 6. The fraction of sp³-hybridized carbons (Fsp3) is 1.00. The predicted octanol–water partition coefficient (Wildman–Crippen LogP) is 0.190. The molecule has 4 atom stereocenters. The van der Waals surface area contributed by atoms with Crippen LogP contribution in [-0.2, 0) is 18.9 Å². The van der Waals surface area contributed by atoms with Crippen LogP contribution in [0.5, 0.6) is 0 Å². The average molecular weight is 230 g/mol. The fourth-order valence-corrected chi connectivity index (χ4v) is 2.07. The van der Waals surface area contributed by atoms with E-state index in [2.05, 4.69) is 0 Å². The van der Waals surface area contributed by atoms with Crippen LogP contribution in [0.3, 0.4) is 0 Å². The highest BCUT2D eigenvalue weighted by Gasteiger charge is 2.43. The molecule has 16 heavy (non-hydrogen) atoms. The lowest BCUT2D eigenvalue weighted by atomic mass is 9.92. The highest BCUT2D eigenvalue weighted by molar-refractivity contribution is 6.11. The summed E-state index contributed by atoms with van der Waals surface area (Å²) in [7, 11) is 3.71. The monoisotopic (exact) mass is 230 g/mol. The molecule has 1 heterocycles. The third-order valence-corrected chi connectivity index (χ3v) is 2.73. The smallest absolute Gasteiger partial charge is 0.142 e. The maximum Gasteiger partial charge on any atom is 0.142 e. The van der Waals surface area contributed by atoms with E-state index in [1.54, 1.807) is 7.11 Å². The Bertz CT molecular complexity index is 200. The van der Waals surface area contributed by atoms with E-state index in [0.29, 0.717) is 13.2 Å². The van der Waals surface area contributed by atoms with Crippen molar-refractivity contribution in [1.82, 2.24) is 0 Å². The Labute approximate surface area is 99.0 Å². The van der Waals surface area contributed by atoms with Gasteiger partial charge in [-0.25, -0.2) is 0 Å². The highest BCUT2D eigenvalue weighted by Crippen LogP contribution is 2.25. The standard InChI is InChI=1S/C11H23BO4/c1-5-14-6-8-9(13-4)10(11(12)16-8)15-7(2)3/h7-11H,5-6,12H2,1-4H3/t8-,9?,10?,11-/m1/s1. The molecule has 94 valence electrons. The third kappa shape index (κ3) is 3.45. The van der Waals surface area contributed by atoms with Crippen molar-refractivity contribution in [2.24, 2.45) is 0 Å². The minimum absolute atomic E-state index is 0.00421. The molecular weight excluding hydrogens is 207 g/mol. The van der Waals surface area contributed by atoms with E-state index in [-0.39, 0.29) is 30.4 Å². The third-order valence-electron chi connectivity index (χ3n) is 2.73. The molecule has 0 aromatic carbocycles. The molecule has 4 nitrogen and oxygen atoms in total. The Hall–Kier alpha value is -0.0951. The van der Waals surface area contributed by atoms with Gasteiger partial charge in [-0.15, -0.1) is 0 Å². The van der Waals surface area contributed by atoms with Crippen LogP contribution in [0, 0.1) is 0 Å². The summed E-state index contributed by atoms with van der Waals surface area (Å²) >= 11 is 0. The number of methoxy groups -OCH3 is 1. The molecule has 1 rings (SSSR count). The van der Waals surface area contributed by atoms with Crippen LogP contribution in [0.2, 0.25) is 0 Å². The zero-order valence-corrected chi connectivity index (χ0v) is 10.9. The molecule has 5 heteroatoms. The summed E-state index contributed by atoms with van der Waals surface area (Å²) in [4.78, 5) is 0. The molecule has 0 aliphatic carbocycles. The largest absolute Gasteiger partial charge is 0.379 e. The summed E-state index contributed by atoms with van der Waals surface area (Å²) in [6.45, 7) is 7.28. The van der Waals surface area contributed by atoms with Gasteiger partial charge >= 0.3 is 0 Å². The molecule has 0 spiro atoms. The second-order valence-electron chi connectivity index (χ2n) is 4.39. The second kappa shape index (κ2) is 6.59. The summed E-state index contributed by atoms with van der Waals surface area (Å²) in [5.74, 6) is 0. The van der Waals surface area contributed by atoms with Crippen molar-refractivity contribution in [2.75, 3.05) is 20.3 Å². The van der Waals surface area contributed by atoms with Crippen molar-refractivity contribution >= 4 is 7.85 Å². The van der Waals surface area contributed by atoms with Crippen molar-refractivity contribution in [3.05, 3.63) is 0 Å². The summed E-state index contributed by atoms with van der Waals surface area (Å²) in [6, 6.07) is 0.0535. The molecule has 0 aromatic rings. The highest BCUT2D eigenvalue weighted by atomic mass is 16.6. The van der Waals surface area contributed by atoms with Gasteiger partial charge in [0, 0.05) is 13.7 Å². The van der Waals surface area contributed by atoms with Crippen LogP contribution in [0.15, 0.2) is 0 Å². The molecule has 0 amide bonds. The SMILES string of the molecule is B[C@@H]1O[C@H](COCC)C(OC)C1OC(C)C. The van der Waals surface area contributed by atoms with E-state index >= 15 is 0 Å². The topological polar surface area (TPSA) is 36.9 Å². The van der Waals surface area contributed by atoms with E-state index in [0.717, 1.165) is 0 Å². The zero-order valence-electron chi connectivity index (χ0n) is 10.9. The van der Waals surface area contributed by atoms with Crippen LogP contribution >= 0.6 is 0 Å². The van der Waals surface area contributed by atoms with Gasteiger partial charge < -0.3 is 18.9 Å². The molecule has 1 aliphatic heterocycles. The second-order valence-corrected chi connectivity index (χ2v) is 4.39. The summed E-state index contributed by atoms with van der Waals surface area (Å²) in [5, 5.41) is 0. The van der Waals surface area contributed by atoms with Gasteiger partial charge in [-0.2, -0.15) is 0 Å². The molecule has 1 saturated heterocycles. The average Bonchev–Trinajstić information content (AvgIpc) is 2.51. The van der Waals surface area contributed by atoms with Gasteiger partial charge in [0.05, 0.1) is 18.7 Å². The maximum atomic E-state index is 5.83. The predicted molar refractivity (Wildman–Crippen MR) is 64.5 cm³/mol. The molecule has 2 unspecified atom stereocenters.